The maximum Gasteiger partial charge on any atom is 0.0742 e. The van der Waals surface area contributed by atoms with Gasteiger partial charge in [0.25, 0.3) is 0 Å². The first-order valence-electron chi connectivity index (χ1n) is 7.34. The highest BCUT2D eigenvalue weighted by Gasteiger charge is 2.03. The van der Waals surface area contributed by atoms with E-state index in [2.05, 4.69) is 27.7 Å². The maximum absolute atomic E-state index is 8.11. The van der Waals surface area contributed by atoms with Crippen LogP contribution < -0.4 is 0 Å². The van der Waals surface area contributed by atoms with Crippen molar-refractivity contribution >= 4 is 0 Å². The molecule has 18 heavy (non-hydrogen) atoms. The second-order valence-corrected chi connectivity index (χ2v) is 5.36. The Morgan fingerprint density at radius 1 is 0.889 bits per heavy atom. The molecule has 0 aromatic rings. The normalized spacial score (nSPS) is 15.5. The van der Waals surface area contributed by atoms with Gasteiger partial charge in [-0.2, -0.15) is 0 Å². The summed E-state index contributed by atoms with van der Waals surface area (Å²) in [5.74, 6) is 1.47. The third kappa shape index (κ3) is 18.3. The summed E-state index contributed by atoms with van der Waals surface area (Å²) in [4.78, 5) is 0. The zero-order valence-electron chi connectivity index (χ0n) is 13.0. The highest BCUT2D eigenvalue weighted by molar-refractivity contribution is 4.52. The largest absolute Gasteiger partial charge is 0.394 e. The molecule has 0 aliphatic heterocycles. The average molecular weight is 262 g/mol. The summed E-state index contributed by atoms with van der Waals surface area (Å²) in [5, 5.41) is 16.0. The molecule has 3 nitrogen and oxygen atoms in total. The molecule has 3 heteroatoms. The molecule has 3 atom stereocenters. The Bertz CT molecular complexity index is 137. The number of aliphatic hydroxyl groups excluding tert-OH is 2. The Morgan fingerprint density at radius 3 is 1.44 bits per heavy atom. The summed E-state index contributed by atoms with van der Waals surface area (Å²) < 4.78 is 5.66. The number of hydrogen-bond donors (Lipinski definition) is 2. The first kappa shape index (κ1) is 20.2. The molecule has 0 aromatic heterocycles. The standard InChI is InChI=1S/C12H26O.C3H8O2/c1-5-7-11(3)9-13-10-12(4)8-6-2;1-3(5)2-4/h11-12H,5-10H2,1-4H3;3-5H,2H2,1H3. The van der Waals surface area contributed by atoms with Crippen LogP contribution in [0.3, 0.4) is 0 Å². The molecular formula is C15H34O3. The highest BCUT2D eigenvalue weighted by atomic mass is 16.5. The van der Waals surface area contributed by atoms with Gasteiger partial charge in [0.1, 0.15) is 0 Å². The van der Waals surface area contributed by atoms with Gasteiger partial charge in [-0.05, 0) is 31.6 Å². The monoisotopic (exact) mass is 262 g/mol. The molecule has 3 unspecified atom stereocenters. The van der Waals surface area contributed by atoms with Crippen LogP contribution in [0.15, 0.2) is 0 Å². The van der Waals surface area contributed by atoms with Crippen LogP contribution in [-0.2, 0) is 4.74 Å². The Balaban J connectivity index is 0. The Labute approximate surface area is 114 Å². The van der Waals surface area contributed by atoms with Crippen molar-refractivity contribution in [2.24, 2.45) is 11.8 Å². The number of hydrogen-bond acceptors (Lipinski definition) is 3. The number of aliphatic hydroxyl groups is 2. The SMILES string of the molecule is CC(O)CO.CCCC(C)COCC(C)CCC. The number of rotatable bonds is 9. The maximum atomic E-state index is 8.11. The molecule has 0 saturated carbocycles. The van der Waals surface area contributed by atoms with Crippen molar-refractivity contribution in [2.45, 2.75) is 66.4 Å². The van der Waals surface area contributed by atoms with Crippen molar-refractivity contribution in [2.75, 3.05) is 19.8 Å². The fourth-order valence-electron chi connectivity index (χ4n) is 1.62. The van der Waals surface area contributed by atoms with Crippen LogP contribution in [0.4, 0.5) is 0 Å². The Kier molecular flexibility index (Phi) is 16.8. The minimum atomic E-state index is -0.560. The average Bonchev–Trinajstić information content (AvgIpc) is 2.30. The lowest BCUT2D eigenvalue weighted by Crippen LogP contribution is -2.11. The van der Waals surface area contributed by atoms with Crippen molar-refractivity contribution in [3.63, 3.8) is 0 Å². The van der Waals surface area contributed by atoms with Gasteiger partial charge in [-0.1, -0.05) is 40.5 Å². The zero-order valence-corrected chi connectivity index (χ0v) is 13.0. The van der Waals surface area contributed by atoms with Crippen molar-refractivity contribution < 1.29 is 14.9 Å². The van der Waals surface area contributed by atoms with Gasteiger partial charge in [-0.15, -0.1) is 0 Å². The molecule has 0 aromatic carbocycles. The third-order valence-corrected chi connectivity index (χ3v) is 2.63. The van der Waals surface area contributed by atoms with Gasteiger partial charge in [0.15, 0.2) is 0 Å². The molecule has 2 N–H and O–H groups in total. The van der Waals surface area contributed by atoms with E-state index < -0.39 is 6.10 Å². The molecular weight excluding hydrogens is 228 g/mol. The van der Waals surface area contributed by atoms with Gasteiger partial charge in [0.2, 0.25) is 0 Å². The van der Waals surface area contributed by atoms with E-state index in [1.54, 1.807) is 0 Å². The van der Waals surface area contributed by atoms with Crippen LogP contribution in [0, 0.1) is 11.8 Å². The molecule has 0 amide bonds. The fourth-order valence-corrected chi connectivity index (χ4v) is 1.62. The summed E-state index contributed by atoms with van der Waals surface area (Å²) in [6.07, 6.45) is 4.57. The topological polar surface area (TPSA) is 49.7 Å². The molecule has 0 rings (SSSR count). The van der Waals surface area contributed by atoms with Crippen molar-refractivity contribution in [3.8, 4) is 0 Å². The molecule has 0 saturated heterocycles. The third-order valence-electron chi connectivity index (χ3n) is 2.63. The lowest BCUT2D eigenvalue weighted by molar-refractivity contribution is 0.0751. The van der Waals surface area contributed by atoms with Crippen LogP contribution in [-0.4, -0.2) is 36.1 Å². The van der Waals surface area contributed by atoms with Gasteiger partial charge in [0, 0.05) is 13.2 Å². The lowest BCUT2D eigenvalue weighted by Gasteiger charge is -2.14. The van der Waals surface area contributed by atoms with E-state index in [4.69, 9.17) is 14.9 Å². The van der Waals surface area contributed by atoms with Crippen LogP contribution in [0.2, 0.25) is 0 Å². The van der Waals surface area contributed by atoms with E-state index >= 15 is 0 Å². The summed E-state index contributed by atoms with van der Waals surface area (Å²) in [6.45, 7) is 12.3. The Hall–Kier alpha value is -0.120. The van der Waals surface area contributed by atoms with Gasteiger partial charge < -0.3 is 14.9 Å². The zero-order chi connectivity index (χ0) is 14.4. The van der Waals surface area contributed by atoms with Gasteiger partial charge in [-0.3, -0.25) is 0 Å². The molecule has 0 heterocycles. The first-order valence-corrected chi connectivity index (χ1v) is 7.34. The lowest BCUT2D eigenvalue weighted by atomic mass is 10.1. The van der Waals surface area contributed by atoms with Crippen molar-refractivity contribution in [1.29, 1.82) is 0 Å². The molecule has 0 radical (unpaired) electrons. The summed E-state index contributed by atoms with van der Waals surface area (Å²) in [6, 6.07) is 0. The Morgan fingerprint density at radius 2 is 1.22 bits per heavy atom. The van der Waals surface area contributed by atoms with E-state index in [1.165, 1.54) is 32.6 Å². The number of ether oxygens (including phenoxy) is 1. The van der Waals surface area contributed by atoms with Crippen molar-refractivity contribution in [3.05, 3.63) is 0 Å². The minimum Gasteiger partial charge on any atom is -0.394 e. The molecule has 0 bridgehead atoms. The van der Waals surface area contributed by atoms with Crippen LogP contribution in [0.1, 0.15) is 60.3 Å². The van der Waals surface area contributed by atoms with Crippen LogP contribution >= 0.6 is 0 Å². The van der Waals surface area contributed by atoms with E-state index in [0.717, 1.165) is 25.0 Å². The quantitative estimate of drug-likeness (QED) is 0.670. The van der Waals surface area contributed by atoms with Crippen LogP contribution in [0.5, 0.6) is 0 Å². The summed E-state index contributed by atoms with van der Waals surface area (Å²) in [5.41, 5.74) is 0. The van der Waals surface area contributed by atoms with Crippen LogP contribution in [0.25, 0.3) is 0 Å². The minimum absolute atomic E-state index is 0.139. The summed E-state index contributed by atoms with van der Waals surface area (Å²) >= 11 is 0. The molecule has 112 valence electrons. The molecule has 0 fully saturated rings. The second kappa shape index (κ2) is 14.9. The van der Waals surface area contributed by atoms with Crippen molar-refractivity contribution in [1.82, 2.24) is 0 Å². The summed E-state index contributed by atoms with van der Waals surface area (Å²) in [7, 11) is 0. The second-order valence-electron chi connectivity index (χ2n) is 5.36. The van der Waals surface area contributed by atoms with E-state index in [9.17, 15) is 0 Å². The van der Waals surface area contributed by atoms with E-state index in [0.29, 0.717) is 0 Å². The van der Waals surface area contributed by atoms with Gasteiger partial charge in [0.05, 0.1) is 12.7 Å². The predicted octanol–water partition coefficient (Wildman–Crippen LogP) is 3.23. The molecule has 0 aliphatic carbocycles. The van der Waals surface area contributed by atoms with Gasteiger partial charge in [-0.25, -0.2) is 0 Å². The fraction of sp³-hybridized carbons (Fsp3) is 1.00. The predicted molar refractivity (Wildman–Crippen MR) is 77.7 cm³/mol. The first-order chi connectivity index (χ1) is 8.47. The molecule has 0 aliphatic rings. The van der Waals surface area contributed by atoms with Gasteiger partial charge >= 0.3 is 0 Å². The van der Waals surface area contributed by atoms with E-state index in [-0.39, 0.29) is 6.61 Å². The molecule has 0 spiro atoms. The van der Waals surface area contributed by atoms with E-state index in [1.807, 2.05) is 0 Å². The highest BCUT2D eigenvalue weighted by Crippen LogP contribution is 2.09. The smallest absolute Gasteiger partial charge is 0.0742 e.